The second kappa shape index (κ2) is 5.63. The molecule has 0 amide bonds. The van der Waals surface area contributed by atoms with Crippen LogP contribution in [0.2, 0.25) is 0 Å². The zero-order valence-corrected chi connectivity index (χ0v) is 11.0. The summed E-state index contributed by atoms with van der Waals surface area (Å²) in [5.74, 6) is -0.245. The number of halogens is 1. The molecule has 4 heteroatoms. The molecule has 0 bridgehead atoms. The molecule has 2 rings (SSSR count). The number of nitrogens with zero attached hydrogens (tertiary/aromatic N) is 1. The summed E-state index contributed by atoms with van der Waals surface area (Å²) in [5, 5.41) is 0.742. The summed E-state index contributed by atoms with van der Waals surface area (Å²) in [6.07, 6.45) is 5.75. The highest BCUT2D eigenvalue weighted by atomic mass is 32.2. The van der Waals surface area contributed by atoms with E-state index in [0.717, 1.165) is 30.4 Å². The fourth-order valence-electron chi connectivity index (χ4n) is 2.34. The van der Waals surface area contributed by atoms with E-state index in [0.29, 0.717) is 5.69 Å². The van der Waals surface area contributed by atoms with Gasteiger partial charge in [0.15, 0.2) is 0 Å². The second-order valence-corrected chi connectivity index (χ2v) is 5.66. The van der Waals surface area contributed by atoms with Gasteiger partial charge in [-0.3, -0.25) is 0 Å². The molecule has 0 saturated carbocycles. The molecule has 0 aromatic heterocycles. The Hall–Kier alpha value is -0.900. The molecular weight excluding hydrogens is 235 g/mol. The first-order valence-corrected chi connectivity index (χ1v) is 7.31. The summed E-state index contributed by atoms with van der Waals surface area (Å²) in [7, 11) is 0. The molecule has 0 spiro atoms. The van der Waals surface area contributed by atoms with Gasteiger partial charge < -0.3 is 10.6 Å². The number of hydrogen-bond donors (Lipinski definition) is 1. The normalized spacial score (nSPS) is 21.3. The molecule has 1 fully saturated rings. The van der Waals surface area contributed by atoms with E-state index >= 15 is 0 Å². The first-order valence-electron chi connectivity index (χ1n) is 6.03. The maximum absolute atomic E-state index is 13.3. The number of nitrogen functional groups attached to an aromatic ring is 1. The van der Waals surface area contributed by atoms with Crippen LogP contribution in [0.5, 0.6) is 0 Å². The van der Waals surface area contributed by atoms with E-state index in [4.69, 9.17) is 5.73 Å². The summed E-state index contributed by atoms with van der Waals surface area (Å²) < 4.78 is 13.3. The molecule has 94 valence electrons. The lowest BCUT2D eigenvalue weighted by Crippen LogP contribution is -2.24. The van der Waals surface area contributed by atoms with Gasteiger partial charge in [0.1, 0.15) is 5.82 Å². The minimum atomic E-state index is -0.245. The quantitative estimate of drug-likeness (QED) is 0.822. The molecule has 1 aromatic rings. The zero-order chi connectivity index (χ0) is 12.3. The van der Waals surface area contributed by atoms with Gasteiger partial charge >= 0.3 is 0 Å². The fraction of sp³-hybridized carbons (Fsp3) is 0.538. The van der Waals surface area contributed by atoms with Crippen LogP contribution >= 0.6 is 11.8 Å². The van der Waals surface area contributed by atoms with Crippen LogP contribution in [0.4, 0.5) is 15.8 Å². The van der Waals surface area contributed by atoms with Crippen molar-refractivity contribution < 1.29 is 4.39 Å². The molecule has 0 radical (unpaired) electrons. The van der Waals surface area contributed by atoms with E-state index in [1.165, 1.54) is 18.9 Å². The Morgan fingerprint density at radius 3 is 2.82 bits per heavy atom. The highest BCUT2D eigenvalue weighted by molar-refractivity contribution is 7.99. The summed E-state index contributed by atoms with van der Waals surface area (Å²) >= 11 is 1.94. The molecule has 1 heterocycles. The lowest BCUT2D eigenvalue weighted by molar-refractivity contribution is 0.627. The molecule has 1 aliphatic heterocycles. The molecule has 1 atom stereocenters. The third-order valence-corrected chi connectivity index (χ3v) is 4.42. The van der Waals surface area contributed by atoms with Gasteiger partial charge in [-0.15, -0.1) is 0 Å². The van der Waals surface area contributed by atoms with Gasteiger partial charge in [0, 0.05) is 29.7 Å². The molecule has 0 aliphatic carbocycles. The van der Waals surface area contributed by atoms with Crippen LogP contribution in [0.25, 0.3) is 0 Å². The standard InChI is InChI=1S/C13H19FN2S/c1-17-13-3-2-5-16(6-4-13)12-8-10(14)7-11(15)9-12/h7-9,13H,2-6,15H2,1H3. The van der Waals surface area contributed by atoms with Crippen LogP contribution in [0.1, 0.15) is 19.3 Å². The van der Waals surface area contributed by atoms with E-state index in [1.807, 2.05) is 17.8 Å². The Morgan fingerprint density at radius 2 is 2.12 bits per heavy atom. The van der Waals surface area contributed by atoms with Crippen LogP contribution in [0.3, 0.4) is 0 Å². The number of hydrogen-bond acceptors (Lipinski definition) is 3. The van der Waals surface area contributed by atoms with Crippen molar-refractivity contribution in [3.8, 4) is 0 Å². The average Bonchev–Trinajstić information content (AvgIpc) is 2.52. The molecule has 1 saturated heterocycles. The van der Waals surface area contributed by atoms with Gasteiger partial charge in [-0.2, -0.15) is 11.8 Å². The van der Waals surface area contributed by atoms with Crippen molar-refractivity contribution in [2.45, 2.75) is 24.5 Å². The van der Waals surface area contributed by atoms with Gasteiger partial charge in [-0.1, -0.05) is 0 Å². The van der Waals surface area contributed by atoms with Crippen molar-refractivity contribution >= 4 is 23.1 Å². The van der Waals surface area contributed by atoms with Crippen molar-refractivity contribution in [2.24, 2.45) is 0 Å². The van der Waals surface area contributed by atoms with Gasteiger partial charge in [0.05, 0.1) is 0 Å². The first kappa shape index (κ1) is 12.6. The first-order chi connectivity index (χ1) is 8.19. The number of benzene rings is 1. The van der Waals surface area contributed by atoms with E-state index in [-0.39, 0.29) is 5.82 Å². The summed E-state index contributed by atoms with van der Waals surface area (Å²) in [6, 6.07) is 4.81. The molecule has 17 heavy (non-hydrogen) atoms. The summed E-state index contributed by atoms with van der Waals surface area (Å²) in [5.41, 5.74) is 7.11. The average molecular weight is 254 g/mol. The molecular formula is C13H19FN2S. The molecule has 2 nitrogen and oxygen atoms in total. The van der Waals surface area contributed by atoms with E-state index < -0.39 is 0 Å². The highest BCUT2D eigenvalue weighted by Gasteiger charge is 2.17. The highest BCUT2D eigenvalue weighted by Crippen LogP contribution is 2.26. The number of nitrogens with two attached hydrogens (primary N) is 1. The minimum Gasteiger partial charge on any atom is -0.399 e. The van der Waals surface area contributed by atoms with Crippen LogP contribution in [0.15, 0.2) is 18.2 Å². The SMILES string of the molecule is CSC1CCCN(c2cc(N)cc(F)c2)CC1. The van der Waals surface area contributed by atoms with E-state index in [2.05, 4.69) is 11.2 Å². The molecule has 1 unspecified atom stereocenters. The van der Waals surface area contributed by atoms with Crippen LogP contribution in [-0.2, 0) is 0 Å². The Morgan fingerprint density at radius 1 is 1.29 bits per heavy atom. The lowest BCUT2D eigenvalue weighted by atomic mass is 10.2. The second-order valence-electron chi connectivity index (χ2n) is 4.52. The topological polar surface area (TPSA) is 29.3 Å². The fourth-order valence-corrected chi connectivity index (χ4v) is 3.08. The number of anilines is 2. The van der Waals surface area contributed by atoms with E-state index in [1.54, 1.807) is 6.07 Å². The van der Waals surface area contributed by atoms with Gasteiger partial charge in [0.25, 0.3) is 0 Å². The van der Waals surface area contributed by atoms with Crippen LogP contribution in [-0.4, -0.2) is 24.6 Å². The third-order valence-electron chi connectivity index (χ3n) is 3.28. The molecule has 1 aliphatic rings. The summed E-state index contributed by atoms with van der Waals surface area (Å²) in [4.78, 5) is 2.25. The van der Waals surface area contributed by atoms with Crippen molar-refractivity contribution in [1.29, 1.82) is 0 Å². The van der Waals surface area contributed by atoms with Gasteiger partial charge in [-0.05, 0) is 43.7 Å². The monoisotopic (exact) mass is 254 g/mol. The Labute approximate surface area is 106 Å². The largest absolute Gasteiger partial charge is 0.399 e. The minimum absolute atomic E-state index is 0.245. The number of rotatable bonds is 2. The Balaban J connectivity index is 2.11. The maximum Gasteiger partial charge on any atom is 0.127 e. The smallest absolute Gasteiger partial charge is 0.127 e. The summed E-state index contributed by atoms with van der Waals surface area (Å²) in [6.45, 7) is 1.99. The Kier molecular flexibility index (Phi) is 4.15. The van der Waals surface area contributed by atoms with E-state index in [9.17, 15) is 4.39 Å². The lowest BCUT2D eigenvalue weighted by Gasteiger charge is -2.23. The number of thioether (sulfide) groups is 1. The molecule has 2 N–H and O–H groups in total. The third kappa shape index (κ3) is 3.28. The van der Waals surface area contributed by atoms with Crippen molar-refractivity contribution in [2.75, 3.05) is 30.0 Å². The van der Waals surface area contributed by atoms with Crippen LogP contribution in [0, 0.1) is 5.82 Å². The Bertz CT molecular complexity index is 363. The van der Waals surface area contributed by atoms with Crippen molar-refractivity contribution in [3.05, 3.63) is 24.0 Å². The van der Waals surface area contributed by atoms with Crippen LogP contribution < -0.4 is 10.6 Å². The maximum atomic E-state index is 13.3. The van der Waals surface area contributed by atoms with Crippen molar-refractivity contribution in [3.63, 3.8) is 0 Å². The predicted octanol–water partition coefficient (Wildman–Crippen LogP) is 3.13. The zero-order valence-electron chi connectivity index (χ0n) is 10.2. The van der Waals surface area contributed by atoms with Gasteiger partial charge in [-0.25, -0.2) is 4.39 Å². The van der Waals surface area contributed by atoms with Crippen molar-refractivity contribution in [1.82, 2.24) is 0 Å². The predicted molar refractivity (Wildman–Crippen MR) is 74.2 cm³/mol. The van der Waals surface area contributed by atoms with Gasteiger partial charge in [0.2, 0.25) is 0 Å². The molecule has 1 aromatic carbocycles.